The Bertz CT molecular complexity index is 259. The summed E-state index contributed by atoms with van der Waals surface area (Å²) in [4.78, 5) is 0. The molecule has 1 heterocycles. The summed E-state index contributed by atoms with van der Waals surface area (Å²) >= 11 is 0. The molecular formula is C13H25N3O. The van der Waals surface area contributed by atoms with Crippen molar-refractivity contribution in [3.05, 3.63) is 11.8 Å². The predicted octanol–water partition coefficient (Wildman–Crippen LogP) is 2.73. The van der Waals surface area contributed by atoms with Crippen LogP contribution in [0.1, 0.15) is 57.7 Å². The zero-order valence-electron chi connectivity index (χ0n) is 11.2. The van der Waals surface area contributed by atoms with E-state index in [1.165, 1.54) is 19.3 Å². The van der Waals surface area contributed by atoms with Crippen molar-refractivity contribution in [3.63, 3.8) is 0 Å². The molecule has 0 spiro atoms. The van der Waals surface area contributed by atoms with Gasteiger partial charge in [-0.15, -0.1) is 10.2 Å². The summed E-state index contributed by atoms with van der Waals surface area (Å²) < 4.78 is 5.59. The highest BCUT2D eigenvalue weighted by Gasteiger charge is 2.05. The maximum Gasteiger partial charge on any atom is 0.216 e. The second-order valence-corrected chi connectivity index (χ2v) is 4.36. The normalized spacial score (nSPS) is 10.9. The number of aryl methyl sites for hydroxylation is 2. The minimum absolute atomic E-state index is 0.786. The topological polar surface area (TPSA) is 51.0 Å². The minimum Gasteiger partial charge on any atom is -0.425 e. The van der Waals surface area contributed by atoms with Crippen LogP contribution < -0.4 is 5.32 Å². The first-order chi connectivity index (χ1) is 8.36. The molecule has 0 saturated carbocycles. The Balaban J connectivity index is 2.14. The Kier molecular flexibility index (Phi) is 7.63. The Morgan fingerprint density at radius 2 is 1.65 bits per heavy atom. The van der Waals surface area contributed by atoms with Crippen LogP contribution >= 0.6 is 0 Å². The van der Waals surface area contributed by atoms with E-state index in [0.717, 1.165) is 50.6 Å². The SMILES string of the molecule is CCCCCCc1nnc(CCCNCC)o1. The first-order valence-electron chi connectivity index (χ1n) is 6.88. The summed E-state index contributed by atoms with van der Waals surface area (Å²) in [5.41, 5.74) is 0. The van der Waals surface area contributed by atoms with Gasteiger partial charge in [0.05, 0.1) is 0 Å². The largest absolute Gasteiger partial charge is 0.425 e. The second-order valence-electron chi connectivity index (χ2n) is 4.36. The van der Waals surface area contributed by atoms with Gasteiger partial charge < -0.3 is 9.73 Å². The molecule has 0 aromatic carbocycles. The highest BCUT2D eigenvalue weighted by Crippen LogP contribution is 2.08. The molecule has 1 rings (SSSR count). The first kappa shape index (κ1) is 14.2. The molecule has 1 N–H and O–H groups in total. The average Bonchev–Trinajstić information content (AvgIpc) is 2.78. The number of nitrogens with zero attached hydrogens (tertiary/aromatic N) is 2. The maximum absolute atomic E-state index is 5.59. The molecule has 4 heteroatoms. The van der Waals surface area contributed by atoms with Crippen LogP contribution in [0.3, 0.4) is 0 Å². The van der Waals surface area contributed by atoms with E-state index in [1.807, 2.05) is 0 Å². The van der Waals surface area contributed by atoms with Crippen LogP contribution in [0.4, 0.5) is 0 Å². The van der Waals surface area contributed by atoms with Crippen LogP contribution in [-0.2, 0) is 12.8 Å². The third-order valence-corrected chi connectivity index (χ3v) is 2.75. The molecule has 17 heavy (non-hydrogen) atoms. The molecule has 4 nitrogen and oxygen atoms in total. The Labute approximate surface area is 104 Å². The minimum atomic E-state index is 0.786. The fourth-order valence-electron chi connectivity index (χ4n) is 1.73. The predicted molar refractivity (Wildman–Crippen MR) is 69.0 cm³/mol. The van der Waals surface area contributed by atoms with Gasteiger partial charge in [-0.2, -0.15) is 0 Å². The summed E-state index contributed by atoms with van der Waals surface area (Å²) in [6, 6.07) is 0. The summed E-state index contributed by atoms with van der Waals surface area (Å²) in [5.74, 6) is 1.59. The highest BCUT2D eigenvalue weighted by molar-refractivity contribution is 4.82. The molecule has 1 aromatic rings. The molecule has 0 unspecified atom stereocenters. The third-order valence-electron chi connectivity index (χ3n) is 2.75. The molecular weight excluding hydrogens is 214 g/mol. The van der Waals surface area contributed by atoms with Crippen molar-refractivity contribution in [2.75, 3.05) is 13.1 Å². The Hall–Kier alpha value is -0.900. The lowest BCUT2D eigenvalue weighted by molar-refractivity contribution is 0.434. The molecule has 98 valence electrons. The molecule has 0 radical (unpaired) electrons. The van der Waals surface area contributed by atoms with Crippen LogP contribution in [0.2, 0.25) is 0 Å². The summed E-state index contributed by atoms with van der Waals surface area (Å²) in [6.07, 6.45) is 7.85. The quantitative estimate of drug-likeness (QED) is 0.638. The number of rotatable bonds is 10. The molecule has 0 bridgehead atoms. The number of hydrogen-bond acceptors (Lipinski definition) is 4. The lowest BCUT2D eigenvalue weighted by atomic mass is 10.1. The number of aromatic nitrogens is 2. The monoisotopic (exact) mass is 239 g/mol. The van der Waals surface area contributed by atoms with Gasteiger partial charge in [-0.25, -0.2) is 0 Å². The third kappa shape index (κ3) is 6.41. The van der Waals surface area contributed by atoms with Gasteiger partial charge in [0, 0.05) is 12.8 Å². The van der Waals surface area contributed by atoms with E-state index in [9.17, 15) is 0 Å². The number of unbranched alkanes of at least 4 members (excludes halogenated alkanes) is 3. The van der Waals surface area contributed by atoms with Crippen molar-refractivity contribution < 1.29 is 4.42 Å². The molecule has 0 fully saturated rings. The van der Waals surface area contributed by atoms with E-state index in [2.05, 4.69) is 29.4 Å². The molecule has 0 aliphatic heterocycles. The van der Waals surface area contributed by atoms with Gasteiger partial charge in [0.15, 0.2) is 0 Å². The van der Waals surface area contributed by atoms with Gasteiger partial charge in [0.25, 0.3) is 0 Å². The van der Waals surface area contributed by atoms with Gasteiger partial charge in [-0.1, -0.05) is 33.1 Å². The van der Waals surface area contributed by atoms with Gasteiger partial charge >= 0.3 is 0 Å². The summed E-state index contributed by atoms with van der Waals surface area (Å²) in [5, 5.41) is 11.4. The Morgan fingerprint density at radius 1 is 0.941 bits per heavy atom. The fraction of sp³-hybridized carbons (Fsp3) is 0.846. The average molecular weight is 239 g/mol. The van der Waals surface area contributed by atoms with E-state index >= 15 is 0 Å². The molecule has 0 amide bonds. The summed E-state index contributed by atoms with van der Waals surface area (Å²) in [7, 11) is 0. The molecule has 0 aliphatic carbocycles. The molecule has 1 aromatic heterocycles. The van der Waals surface area contributed by atoms with Crippen molar-refractivity contribution in [1.82, 2.24) is 15.5 Å². The van der Waals surface area contributed by atoms with Crippen molar-refractivity contribution in [2.45, 2.75) is 58.8 Å². The molecule has 0 aliphatic rings. The van der Waals surface area contributed by atoms with E-state index < -0.39 is 0 Å². The highest BCUT2D eigenvalue weighted by atomic mass is 16.4. The van der Waals surface area contributed by atoms with Gasteiger partial charge in [0.1, 0.15) is 0 Å². The second kappa shape index (κ2) is 9.16. The lowest BCUT2D eigenvalue weighted by Gasteiger charge is -1.98. The smallest absolute Gasteiger partial charge is 0.216 e. The van der Waals surface area contributed by atoms with E-state index in [0.29, 0.717) is 0 Å². The molecule has 0 saturated heterocycles. The standard InChI is InChI=1S/C13H25N3O/c1-3-5-6-7-9-12-15-16-13(17-12)10-8-11-14-4-2/h14H,3-11H2,1-2H3. The van der Waals surface area contributed by atoms with Crippen LogP contribution in [0.15, 0.2) is 4.42 Å². The number of hydrogen-bond donors (Lipinski definition) is 1. The van der Waals surface area contributed by atoms with Gasteiger partial charge in [0.2, 0.25) is 11.8 Å². The van der Waals surface area contributed by atoms with Gasteiger partial charge in [-0.3, -0.25) is 0 Å². The zero-order chi connectivity index (χ0) is 12.3. The zero-order valence-corrected chi connectivity index (χ0v) is 11.2. The van der Waals surface area contributed by atoms with E-state index in [4.69, 9.17) is 4.42 Å². The van der Waals surface area contributed by atoms with Crippen LogP contribution in [0.5, 0.6) is 0 Å². The van der Waals surface area contributed by atoms with E-state index in [1.54, 1.807) is 0 Å². The van der Waals surface area contributed by atoms with Crippen LogP contribution in [0, 0.1) is 0 Å². The first-order valence-corrected chi connectivity index (χ1v) is 6.88. The van der Waals surface area contributed by atoms with Crippen molar-refractivity contribution in [2.24, 2.45) is 0 Å². The number of nitrogens with one attached hydrogen (secondary N) is 1. The van der Waals surface area contributed by atoms with Crippen molar-refractivity contribution in [3.8, 4) is 0 Å². The maximum atomic E-state index is 5.59. The van der Waals surface area contributed by atoms with E-state index in [-0.39, 0.29) is 0 Å². The van der Waals surface area contributed by atoms with Crippen LogP contribution in [0.25, 0.3) is 0 Å². The van der Waals surface area contributed by atoms with Crippen molar-refractivity contribution >= 4 is 0 Å². The summed E-state index contributed by atoms with van der Waals surface area (Å²) in [6.45, 7) is 6.37. The van der Waals surface area contributed by atoms with Crippen molar-refractivity contribution in [1.29, 1.82) is 0 Å². The lowest BCUT2D eigenvalue weighted by Crippen LogP contribution is -2.14. The van der Waals surface area contributed by atoms with Gasteiger partial charge in [-0.05, 0) is 25.9 Å². The Morgan fingerprint density at radius 3 is 2.29 bits per heavy atom. The van der Waals surface area contributed by atoms with Crippen LogP contribution in [-0.4, -0.2) is 23.3 Å². The fourth-order valence-corrected chi connectivity index (χ4v) is 1.73. The molecule has 0 atom stereocenters.